The highest BCUT2D eigenvalue weighted by molar-refractivity contribution is 5.18. The van der Waals surface area contributed by atoms with Crippen molar-refractivity contribution in [3.8, 4) is 0 Å². The molecule has 0 saturated carbocycles. The van der Waals surface area contributed by atoms with E-state index in [9.17, 15) is 0 Å². The Hall–Kier alpha value is -0.820. The fraction of sp³-hybridized carbons (Fsp3) is 0.455. The van der Waals surface area contributed by atoms with Gasteiger partial charge >= 0.3 is 0 Å². The summed E-state index contributed by atoms with van der Waals surface area (Å²) in [4.78, 5) is 2.22. The molecule has 1 nitrogen and oxygen atoms in total. The van der Waals surface area contributed by atoms with E-state index < -0.39 is 0 Å². The molecule has 1 aromatic carbocycles. The van der Waals surface area contributed by atoms with Gasteiger partial charge in [-0.15, -0.1) is 0 Å². The molecule has 0 aromatic heterocycles. The minimum Gasteiger partial charge on any atom is -0.309 e. The molecule has 0 spiro atoms. The van der Waals surface area contributed by atoms with Crippen molar-refractivity contribution in [1.29, 1.82) is 0 Å². The van der Waals surface area contributed by atoms with Crippen LogP contribution in [0.3, 0.4) is 0 Å². The van der Waals surface area contributed by atoms with Gasteiger partial charge in [0.25, 0.3) is 0 Å². The van der Waals surface area contributed by atoms with E-state index in [-0.39, 0.29) is 0 Å². The molecule has 0 bridgehead atoms. The second kappa shape index (κ2) is 4.27. The lowest BCUT2D eigenvalue weighted by atomic mass is 10.0. The fourth-order valence-electron chi connectivity index (χ4n) is 1.43. The molecule has 0 N–H and O–H groups in total. The predicted molar refractivity (Wildman–Crippen MR) is 53.4 cm³/mol. The molecule has 0 aliphatic rings. The summed E-state index contributed by atoms with van der Waals surface area (Å²) in [7, 11) is 4.22. The maximum absolute atomic E-state index is 2.26. The first kappa shape index (κ1) is 9.27. The molecule has 0 radical (unpaired) electrons. The van der Waals surface area contributed by atoms with Crippen molar-refractivity contribution in [2.24, 2.45) is 0 Å². The van der Waals surface area contributed by atoms with Crippen molar-refractivity contribution < 1.29 is 0 Å². The Morgan fingerprint density at radius 1 is 1.17 bits per heavy atom. The van der Waals surface area contributed by atoms with Gasteiger partial charge in [-0.2, -0.15) is 0 Å². The highest BCUT2D eigenvalue weighted by atomic mass is 15.1. The van der Waals surface area contributed by atoms with Gasteiger partial charge in [0, 0.05) is 6.54 Å². The van der Waals surface area contributed by atoms with Crippen molar-refractivity contribution in [1.82, 2.24) is 4.90 Å². The predicted octanol–water partition coefficient (Wildman–Crippen LogP) is 2.35. The Kier molecular flexibility index (Phi) is 3.30. The third-order valence-corrected chi connectivity index (χ3v) is 2.01. The Morgan fingerprint density at radius 3 is 2.25 bits per heavy atom. The van der Waals surface area contributed by atoms with E-state index in [2.05, 4.69) is 56.3 Å². The number of nitrogens with zero attached hydrogens (tertiary/aromatic N) is 1. The summed E-state index contributed by atoms with van der Waals surface area (Å²) in [5.74, 6) is 0.626. The van der Waals surface area contributed by atoms with Crippen LogP contribution in [-0.4, -0.2) is 25.5 Å². The first-order valence-electron chi connectivity index (χ1n) is 4.40. The third-order valence-electron chi connectivity index (χ3n) is 2.01. The maximum atomic E-state index is 2.26. The minimum absolute atomic E-state index is 0.626. The van der Waals surface area contributed by atoms with Gasteiger partial charge in [0.05, 0.1) is 0 Å². The summed E-state index contributed by atoms with van der Waals surface area (Å²) in [6.07, 6.45) is 0. The van der Waals surface area contributed by atoms with Crippen LogP contribution < -0.4 is 0 Å². The number of hydrogen-bond acceptors (Lipinski definition) is 1. The number of hydrogen-bond donors (Lipinski definition) is 0. The highest BCUT2D eigenvalue weighted by Crippen LogP contribution is 2.14. The molecule has 66 valence electrons. The van der Waals surface area contributed by atoms with Gasteiger partial charge in [0.1, 0.15) is 0 Å². The third kappa shape index (κ3) is 2.67. The molecule has 1 unspecified atom stereocenters. The van der Waals surface area contributed by atoms with Gasteiger partial charge in [-0.25, -0.2) is 0 Å². The zero-order valence-electron chi connectivity index (χ0n) is 8.12. The molecule has 0 aliphatic carbocycles. The van der Waals surface area contributed by atoms with Crippen LogP contribution in [0.15, 0.2) is 30.3 Å². The standard InChI is InChI=1S/C11H17N/c1-10(9-12(2)3)11-7-5-4-6-8-11/h4-8,10H,9H2,1-3H3. The van der Waals surface area contributed by atoms with Crippen LogP contribution in [0.2, 0.25) is 0 Å². The van der Waals surface area contributed by atoms with Crippen LogP contribution >= 0.6 is 0 Å². The summed E-state index contributed by atoms with van der Waals surface area (Å²) >= 11 is 0. The largest absolute Gasteiger partial charge is 0.309 e. The van der Waals surface area contributed by atoms with Gasteiger partial charge in [-0.1, -0.05) is 37.3 Å². The SMILES string of the molecule is CC(CN(C)C)c1ccccc1. The molecule has 1 heteroatoms. The molecule has 0 heterocycles. The Balaban J connectivity index is 2.59. The summed E-state index contributed by atoms with van der Waals surface area (Å²) in [6, 6.07) is 10.6. The van der Waals surface area contributed by atoms with Crippen LogP contribution in [0.4, 0.5) is 0 Å². The molecular formula is C11H17N. The monoisotopic (exact) mass is 163 g/mol. The van der Waals surface area contributed by atoms with Gasteiger partial charge in [-0.3, -0.25) is 0 Å². The lowest BCUT2D eigenvalue weighted by molar-refractivity contribution is 0.383. The molecular weight excluding hydrogens is 146 g/mol. The van der Waals surface area contributed by atoms with Crippen molar-refractivity contribution in [3.63, 3.8) is 0 Å². The van der Waals surface area contributed by atoms with Gasteiger partial charge in [-0.05, 0) is 25.6 Å². The topological polar surface area (TPSA) is 3.24 Å². The van der Waals surface area contributed by atoms with Crippen molar-refractivity contribution in [3.05, 3.63) is 35.9 Å². The zero-order valence-corrected chi connectivity index (χ0v) is 8.12. The first-order chi connectivity index (χ1) is 5.70. The number of likely N-dealkylation sites (N-methyl/N-ethyl adjacent to an activating group) is 1. The van der Waals surface area contributed by atoms with E-state index in [1.807, 2.05) is 0 Å². The van der Waals surface area contributed by atoms with Crippen LogP contribution in [0.5, 0.6) is 0 Å². The van der Waals surface area contributed by atoms with E-state index in [0.717, 1.165) is 6.54 Å². The molecule has 0 amide bonds. The molecule has 0 fully saturated rings. The van der Waals surface area contributed by atoms with Crippen LogP contribution in [0.25, 0.3) is 0 Å². The average Bonchev–Trinajstić information content (AvgIpc) is 2.05. The van der Waals surface area contributed by atoms with Gasteiger partial charge in [0.15, 0.2) is 0 Å². The van der Waals surface area contributed by atoms with E-state index in [4.69, 9.17) is 0 Å². The lowest BCUT2D eigenvalue weighted by Crippen LogP contribution is -2.18. The normalized spacial score (nSPS) is 13.3. The van der Waals surface area contributed by atoms with E-state index in [1.54, 1.807) is 0 Å². The maximum Gasteiger partial charge on any atom is 0.00415 e. The van der Waals surface area contributed by atoms with Crippen LogP contribution in [0, 0.1) is 0 Å². The van der Waals surface area contributed by atoms with E-state index in [0.29, 0.717) is 5.92 Å². The summed E-state index contributed by atoms with van der Waals surface area (Å²) < 4.78 is 0. The zero-order chi connectivity index (χ0) is 8.97. The van der Waals surface area contributed by atoms with Crippen LogP contribution in [-0.2, 0) is 0 Å². The molecule has 0 saturated heterocycles. The summed E-state index contributed by atoms with van der Waals surface area (Å²) in [5, 5.41) is 0. The fourth-order valence-corrected chi connectivity index (χ4v) is 1.43. The van der Waals surface area contributed by atoms with Gasteiger partial charge in [0.2, 0.25) is 0 Å². The van der Waals surface area contributed by atoms with Crippen LogP contribution in [0.1, 0.15) is 18.4 Å². The molecule has 0 aliphatic heterocycles. The molecule has 1 atom stereocenters. The quantitative estimate of drug-likeness (QED) is 0.661. The Morgan fingerprint density at radius 2 is 1.75 bits per heavy atom. The Bertz CT molecular complexity index is 216. The van der Waals surface area contributed by atoms with Crippen molar-refractivity contribution in [2.75, 3.05) is 20.6 Å². The average molecular weight is 163 g/mol. The number of benzene rings is 1. The minimum atomic E-state index is 0.626. The van der Waals surface area contributed by atoms with Crippen molar-refractivity contribution >= 4 is 0 Å². The lowest BCUT2D eigenvalue weighted by Gasteiger charge is -2.16. The number of rotatable bonds is 3. The highest BCUT2D eigenvalue weighted by Gasteiger charge is 2.04. The van der Waals surface area contributed by atoms with E-state index in [1.165, 1.54) is 5.56 Å². The Labute approximate surface area is 75.0 Å². The second-order valence-electron chi connectivity index (χ2n) is 3.57. The molecule has 12 heavy (non-hydrogen) atoms. The second-order valence-corrected chi connectivity index (χ2v) is 3.57. The van der Waals surface area contributed by atoms with Crippen molar-refractivity contribution in [2.45, 2.75) is 12.8 Å². The summed E-state index contributed by atoms with van der Waals surface area (Å²) in [6.45, 7) is 3.37. The summed E-state index contributed by atoms with van der Waals surface area (Å²) in [5.41, 5.74) is 1.42. The molecule has 1 rings (SSSR count). The first-order valence-corrected chi connectivity index (χ1v) is 4.40. The smallest absolute Gasteiger partial charge is 0.00415 e. The van der Waals surface area contributed by atoms with E-state index >= 15 is 0 Å². The van der Waals surface area contributed by atoms with Gasteiger partial charge < -0.3 is 4.90 Å². The molecule has 1 aromatic rings.